The second kappa shape index (κ2) is 9.95. The van der Waals surface area contributed by atoms with Crippen molar-refractivity contribution >= 4 is 38.2 Å². The predicted octanol–water partition coefficient (Wildman–Crippen LogP) is 3.32. The molecule has 0 saturated carbocycles. The van der Waals surface area contributed by atoms with Crippen LogP contribution in [0.25, 0.3) is 0 Å². The van der Waals surface area contributed by atoms with E-state index >= 15 is 0 Å². The number of carbonyl (C=O) groups excluding carboxylic acids is 2. The Bertz CT molecular complexity index is 971. The van der Waals surface area contributed by atoms with Crippen molar-refractivity contribution in [2.75, 3.05) is 11.9 Å². The first-order valence-corrected chi connectivity index (χ1v) is 11.4. The number of nitrogens with one attached hydrogen (secondary N) is 2. The number of hydrogen-bond donors (Lipinski definition) is 2. The summed E-state index contributed by atoms with van der Waals surface area (Å²) in [5, 5.41) is 2.94. The van der Waals surface area contributed by atoms with Gasteiger partial charge in [0.2, 0.25) is 15.9 Å². The number of sulfonamides is 1. The Labute approximate surface area is 173 Å². The lowest BCUT2D eigenvalue weighted by Gasteiger charge is -2.17. The van der Waals surface area contributed by atoms with Crippen LogP contribution in [0.15, 0.2) is 35.2 Å². The maximum absolute atomic E-state index is 13.0. The third-order valence-electron chi connectivity index (χ3n) is 4.01. The number of thiophene rings is 1. The molecule has 0 spiro atoms. The Hall–Kier alpha value is -2.30. The zero-order valence-electron chi connectivity index (χ0n) is 16.3. The van der Waals surface area contributed by atoms with Gasteiger partial charge in [-0.25, -0.2) is 17.6 Å². The molecular formula is C19H23FN2O5S2. The molecule has 0 fully saturated rings. The van der Waals surface area contributed by atoms with E-state index in [0.29, 0.717) is 11.4 Å². The minimum absolute atomic E-state index is 0.151. The normalized spacial score (nSPS) is 12.4. The van der Waals surface area contributed by atoms with Gasteiger partial charge in [0.1, 0.15) is 16.9 Å². The molecule has 0 aliphatic rings. The largest absolute Gasteiger partial charge is 0.462 e. The Kier molecular flexibility index (Phi) is 7.88. The van der Waals surface area contributed by atoms with Crippen LogP contribution < -0.4 is 10.0 Å². The number of esters is 1. The first-order valence-electron chi connectivity index (χ1n) is 9.10. The van der Waals surface area contributed by atoms with Crippen LogP contribution in [0.5, 0.6) is 0 Å². The van der Waals surface area contributed by atoms with Crippen molar-refractivity contribution in [3.05, 3.63) is 46.6 Å². The van der Waals surface area contributed by atoms with Gasteiger partial charge in [-0.1, -0.05) is 13.8 Å². The van der Waals surface area contributed by atoms with Gasteiger partial charge in [-0.05, 0) is 50.1 Å². The summed E-state index contributed by atoms with van der Waals surface area (Å²) in [5.74, 6) is -1.73. The molecule has 2 aromatic rings. The molecule has 0 aliphatic heterocycles. The number of hydrogen-bond acceptors (Lipinski definition) is 6. The first kappa shape index (κ1) is 23.0. The number of ether oxygens (including phenoxy) is 1. The van der Waals surface area contributed by atoms with E-state index in [1.165, 1.54) is 11.3 Å². The average Bonchev–Trinajstić information content (AvgIpc) is 3.09. The predicted molar refractivity (Wildman–Crippen MR) is 109 cm³/mol. The molecule has 10 heteroatoms. The summed E-state index contributed by atoms with van der Waals surface area (Å²) in [6.45, 7) is 5.44. The summed E-state index contributed by atoms with van der Waals surface area (Å²) in [6, 6.07) is 4.87. The van der Waals surface area contributed by atoms with E-state index in [4.69, 9.17) is 4.74 Å². The van der Waals surface area contributed by atoms with E-state index in [9.17, 15) is 22.4 Å². The zero-order valence-corrected chi connectivity index (χ0v) is 18.0. The smallest absolute Gasteiger partial charge is 0.341 e. The van der Waals surface area contributed by atoms with Crippen LogP contribution in [-0.4, -0.2) is 32.9 Å². The molecule has 0 bridgehead atoms. The monoisotopic (exact) mass is 442 g/mol. The van der Waals surface area contributed by atoms with E-state index in [-0.39, 0.29) is 23.5 Å². The molecular weight excluding hydrogens is 419 g/mol. The van der Waals surface area contributed by atoms with E-state index < -0.39 is 33.8 Å². The van der Waals surface area contributed by atoms with Crippen LogP contribution in [0.1, 0.15) is 42.4 Å². The van der Waals surface area contributed by atoms with Crippen LogP contribution in [0.4, 0.5) is 9.39 Å². The molecule has 0 aliphatic carbocycles. The fraction of sp³-hybridized carbons (Fsp3) is 0.368. The van der Waals surface area contributed by atoms with Gasteiger partial charge in [0, 0.05) is 4.88 Å². The third-order valence-corrected chi connectivity index (χ3v) is 6.69. The van der Waals surface area contributed by atoms with Crippen LogP contribution in [-0.2, 0) is 26.0 Å². The molecule has 1 aromatic carbocycles. The van der Waals surface area contributed by atoms with Gasteiger partial charge in [0.15, 0.2) is 0 Å². The summed E-state index contributed by atoms with van der Waals surface area (Å²) >= 11 is 1.23. The molecule has 1 atom stereocenters. The Morgan fingerprint density at radius 2 is 1.83 bits per heavy atom. The van der Waals surface area contributed by atoms with Crippen molar-refractivity contribution in [2.45, 2.75) is 44.6 Å². The molecule has 0 saturated heterocycles. The summed E-state index contributed by atoms with van der Waals surface area (Å²) in [6.07, 6.45) is 0.842. The topological polar surface area (TPSA) is 102 Å². The van der Waals surface area contributed by atoms with E-state index in [0.717, 1.165) is 29.1 Å². The van der Waals surface area contributed by atoms with E-state index in [1.807, 2.05) is 6.92 Å². The highest BCUT2D eigenvalue weighted by molar-refractivity contribution is 7.89. The maximum Gasteiger partial charge on any atom is 0.341 e. The van der Waals surface area contributed by atoms with Crippen LogP contribution in [0.2, 0.25) is 0 Å². The first-order chi connectivity index (χ1) is 13.7. The number of amides is 1. The lowest BCUT2D eigenvalue weighted by Crippen LogP contribution is -2.43. The lowest BCUT2D eigenvalue weighted by atomic mass is 10.2. The van der Waals surface area contributed by atoms with Crippen LogP contribution >= 0.6 is 11.3 Å². The maximum atomic E-state index is 13.0. The van der Waals surface area contributed by atoms with Crippen molar-refractivity contribution < 1.29 is 27.1 Å². The van der Waals surface area contributed by atoms with Gasteiger partial charge < -0.3 is 10.1 Å². The fourth-order valence-corrected chi connectivity index (χ4v) is 4.73. The van der Waals surface area contributed by atoms with Gasteiger partial charge in [0.05, 0.1) is 17.1 Å². The lowest BCUT2D eigenvalue weighted by molar-refractivity contribution is -0.117. The van der Waals surface area contributed by atoms with E-state index in [1.54, 1.807) is 19.9 Å². The van der Waals surface area contributed by atoms with Gasteiger partial charge in [-0.2, -0.15) is 4.72 Å². The highest BCUT2D eigenvalue weighted by atomic mass is 32.2. The molecule has 1 aromatic heterocycles. The number of anilines is 1. The SMILES string of the molecule is CCOC(=O)c1cc(CC)sc1NC(=O)C(CC)NS(=O)(=O)c1ccc(F)cc1. The Balaban J connectivity index is 2.21. The quantitative estimate of drug-likeness (QED) is 0.580. The molecule has 0 radical (unpaired) electrons. The van der Waals surface area contributed by atoms with Crippen molar-refractivity contribution in [1.29, 1.82) is 0 Å². The zero-order chi connectivity index (χ0) is 21.6. The molecule has 1 amide bonds. The standard InChI is InChI=1S/C19H23FN2O5S2/c1-4-13-11-15(19(24)27-6-3)18(28-13)21-17(23)16(5-2)22-29(25,26)14-9-7-12(20)8-10-14/h7-11,16,22H,4-6H2,1-3H3,(H,21,23). The minimum atomic E-state index is -4.03. The number of halogens is 1. The Morgan fingerprint density at radius 1 is 1.17 bits per heavy atom. The van der Waals surface area contributed by atoms with Crippen LogP contribution in [0, 0.1) is 5.82 Å². The van der Waals surface area contributed by atoms with Crippen molar-refractivity contribution in [2.24, 2.45) is 0 Å². The number of rotatable bonds is 9. The Morgan fingerprint density at radius 3 is 2.38 bits per heavy atom. The average molecular weight is 443 g/mol. The second-order valence-electron chi connectivity index (χ2n) is 6.05. The molecule has 2 rings (SSSR count). The number of carbonyl (C=O) groups is 2. The molecule has 7 nitrogen and oxygen atoms in total. The third kappa shape index (κ3) is 5.84. The fourth-order valence-electron chi connectivity index (χ4n) is 2.46. The van der Waals surface area contributed by atoms with Gasteiger partial charge in [0.25, 0.3) is 0 Å². The molecule has 29 heavy (non-hydrogen) atoms. The highest BCUT2D eigenvalue weighted by Crippen LogP contribution is 2.29. The van der Waals surface area contributed by atoms with Gasteiger partial charge in [-0.3, -0.25) is 4.79 Å². The van der Waals surface area contributed by atoms with Crippen molar-refractivity contribution in [3.8, 4) is 0 Å². The van der Waals surface area contributed by atoms with Gasteiger partial charge >= 0.3 is 5.97 Å². The summed E-state index contributed by atoms with van der Waals surface area (Å²) in [7, 11) is -4.03. The van der Waals surface area contributed by atoms with E-state index in [2.05, 4.69) is 10.0 Å². The van der Waals surface area contributed by atoms with Crippen LogP contribution in [0.3, 0.4) is 0 Å². The molecule has 1 unspecified atom stereocenters. The highest BCUT2D eigenvalue weighted by Gasteiger charge is 2.26. The number of benzene rings is 1. The number of aryl methyl sites for hydroxylation is 1. The molecule has 158 valence electrons. The van der Waals surface area contributed by atoms with Gasteiger partial charge in [-0.15, -0.1) is 11.3 Å². The summed E-state index contributed by atoms with van der Waals surface area (Å²) in [5.41, 5.74) is 0.235. The molecule has 1 heterocycles. The second-order valence-corrected chi connectivity index (χ2v) is 8.91. The summed E-state index contributed by atoms with van der Waals surface area (Å²) in [4.78, 5) is 25.6. The minimum Gasteiger partial charge on any atom is -0.462 e. The molecule has 2 N–H and O–H groups in total. The van der Waals surface area contributed by atoms with Crippen molar-refractivity contribution in [1.82, 2.24) is 4.72 Å². The van der Waals surface area contributed by atoms with Crippen molar-refractivity contribution in [3.63, 3.8) is 0 Å². The summed E-state index contributed by atoms with van der Waals surface area (Å²) < 4.78 is 45.4.